The molecule has 1 aromatic carbocycles. The Balaban J connectivity index is 1.66. The van der Waals surface area contributed by atoms with Crippen molar-refractivity contribution in [1.29, 1.82) is 0 Å². The number of fused-ring (bicyclic) bond motifs is 2. The Morgan fingerprint density at radius 2 is 2.21 bits per heavy atom. The van der Waals surface area contributed by atoms with Gasteiger partial charge in [-0.05, 0) is 25.3 Å². The summed E-state index contributed by atoms with van der Waals surface area (Å²) in [5, 5.41) is 13.3. The normalized spacial score (nSPS) is 28.6. The van der Waals surface area contributed by atoms with Gasteiger partial charge in [0, 0.05) is 31.2 Å². The molecule has 2 fully saturated rings. The second-order valence-corrected chi connectivity index (χ2v) is 5.71. The lowest BCUT2D eigenvalue weighted by Gasteiger charge is -2.26. The summed E-state index contributed by atoms with van der Waals surface area (Å²) in [6, 6.07) is 8.10. The Labute approximate surface area is 113 Å². The Hall–Kier alpha value is -1.55. The number of phenolic OH excluding ortho intramolecular Hbond substituents is 1. The van der Waals surface area contributed by atoms with Gasteiger partial charge in [0.2, 0.25) is 5.91 Å². The third-order valence-electron chi connectivity index (χ3n) is 4.39. The van der Waals surface area contributed by atoms with Crippen LogP contribution in [0.25, 0.3) is 0 Å². The van der Waals surface area contributed by atoms with Crippen LogP contribution in [-0.4, -0.2) is 35.0 Å². The molecule has 0 aliphatic carbocycles. The topological polar surface area (TPSA) is 52.6 Å². The minimum absolute atomic E-state index is 0.120. The molecule has 2 N–H and O–H groups in total. The maximum atomic E-state index is 12.5. The van der Waals surface area contributed by atoms with Gasteiger partial charge in [-0.25, -0.2) is 0 Å². The fraction of sp³-hybridized carbons (Fsp3) is 0.533. The van der Waals surface area contributed by atoms with Crippen molar-refractivity contribution in [3.63, 3.8) is 0 Å². The SMILES string of the molecule is CN(Cc1ccccc1O)C(=O)C1CC2CCC1N2. The van der Waals surface area contributed by atoms with Gasteiger partial charge in [0.05, 0.1) is 5.92 Å². The molecular weight excluding hydrogens is 240 g/mol. The molecule has 1 aromatic rings. The molecule has 2 aliphatic heterocycles. The van der Waals surface area contributed by atoms with E-state index in [1.54, 1.807) is 17.0 Å². The number of hydrogen-bond donors (Lipinski definition) is 2. The number of nitrogens with zero attached hydrogens (tertiary/aromatic N) is 1. The number of carbonyl (C=O) groups excluding carboxylic acids is 1. The summed E-state index contributed by atoms with van der Waals surface area (Å²) < 4.78 is 0. The van der Waals surface area contributed by atoms with E-state index in [9.17, 15) is 9.90 Å². The number of carbonyl (C=O) groups is 1. The molecule has 2 heterocycles. The standard InChI is InChI=1S/C15H20N2O2/c1-17(9-10-4-2-3-5-14(10)18)15(19)12-8-11-6-7-13(12)16-11/h2-5,11-13,16,18H,6-9H2,1H3. The highest BCUT2D eigenvalue weighted by atomic mass is 16.3. The fourth-order valence-corrected chi connectivity index (χ4v) is 3.36. The highest BCUT2D eigenvalue weighted by molar-refractivity contribution is 5.80. The molecule has 3 atom stereocenters. The van der Waals surface area contributed by atoms with Gasteiger partial charge in [-0.15, -0.1) is 0 Å². The Kier molecular flexibility index (Phi) is 3.19. The maximum absolute atomic E-state index is 12.5. The highest BCUT2D eigenvalue weighted by Crippen LogP contribution is 2.34. The van der Waals surface area contributed by atoms with Gasteiger partial charge in [-0.1, -0.05) is 18.2 Å². The third kappa shape index (κ3) is 2.32. The zero-order chi connectivity index (χ0) is 13.4. The van der Waals surface area contributed by atoms with Crippen LogP contribution >= 0.6 is 0 Å². The Morgan fingerprint density at radius 3 is 2.84 bits per heavy atom. The van der Waals surface area contributed by atoms with E-state index >= 15 is 0 Å². The van der Waals surface area contributed by atoms with Crippen LogP contribution in [0.1, 0.15) is 24.8 Å². The molecule has 0 spiro atoms. The van der Waals surface area contributed by atoms with Crippen LogP contribution in [0.2, 0.25) is 0 Å². The molecular formula is C15H20N2O2. The molecule has 0 aromatic heterocycles. The molecule has 0 saturated carbocycles. The van der Waals surface area contributed by atoms with Crippen LogP contribution in [0.4, 0.5) is 0 Å². The van der Waals surface area contributed by atoms with Crippen LogP contribution in [0.15, 0.2) is 24.3 Å². The summed E-state index contributed by atoms with van der Waals surface area (Å²) in [5.74, 6) is 0.575. The van der Waals surface area contributed by atoms with Crippen molar-refractivity contribution in [1.82, 2.24) is 10.2 Å². The Bertz CT molecular complexity index is 489. The summed E-state index contributed by atoms with van der Waals surface area (Å²) >= 11 is 0. The molecule has 4 nitrogen and oxygen atoms in total. The number of benzene rings is 1. The van der Waals surface area contributed by atoms with Gasteiger partial charge in [0.1, 0.15) is 5.75 Å². The summed E-state index contributed by atoms with van der Waals surface area (Å²) in [4.78, 5) is 14.2. The van der Waals surface area contributed by atoms with Crippen LogP contribution in [0.3, 0.4) is 0 Å². The first kappa shape index (κ1) is 12.5. The van der Waals surface area contributed by atoms with Crippen molar-refractivity contribution < 1.29 is 9.90 Å². The van der Waals surface area contributed by atoms with Crippen molar-refractivity contribution in [2.24, 2.45) is 5.92 Å². The van der Waals surface area contributed by atoms with E-state index in [-0.39, 0.29) is 17.6 Å². The van der Waals surface area contributed by atoms with E-state index < -0.39 is 0 Å². The average molecular weight is 260 g/mol. The second-order valence-electron chi connectivity index (χ2n) is 5.71. The summed E-state index contributed by atoms with van der Waals surface area (Å²) in [5.41, 5.74) is 0.800. The molecule has 2 aliphatic rings. The first-order valence-electron chi connectivity index (χ1n) is 6.93. The number of aromatic hydroxyl groups is 1. The largest absolute Gasteiger partial charge is 0.508 e. The molecule has 0 radical (unpaired) electrons. The molecule has 3 rings (SSSR count). The van der Waals surface area contributed by atoms with Gasteiger partial charge in [-0.2, -0.15) is 0 Å². The maximum Gasteiger partial charge on any atom is 0.227 e. The van der Waals surface area contributed by atoms with E-state index in [0.29, 0.717) is 18.6 Å². The van der Waals surface area contributed by atoms with Gasteiger partial charge in [0.25, 0.3) is 0 Å². The highest BCUT2D eigenvalue weighted by Gasteiger charge is 2.43. The molecule has 1 amide bonds. The molecule has 4 heteroatoms. The number of phenols is 1. The van der Waals surface area contributed by atoms with Crippen LogP contribution in [0, 0.1) is 5.92 Å². The summed E-state index contributed by atoms with van der Waals surface area (Å²) in [6.45, 7) is 0.472. The number of amides is 1. The van der Waals surface area contributed by atoms with Crippen LogP contribution in [0.5, 0.6) is 5.75 Å². The fourth-order valence-electron chi connectivity index (χ4n) is 3.36. The molecule has 102 valence electrons. The first-order valence-corrected chi connectivity index (χ1v) is 6.93. The minimum Gasteiger partial charge on any atom is -0.508 e. The predicted molar refractivity (Wildman–Crippen MR) is 72.6 cm³/mol. The minimum atomic E-state index is 0.120. The third-order valence-corrected chi connectivity index (χ3v) is 4.39. The molecule has 3 unspecified atom stereocenters. The van der Waals surface area contributed by atoms with E-state index in [1.165, 1.54) is 6.42 Å². The molecule has 2 saturated heterocycles. The van der Waals surface area contributed by atoms with Gasteiger partial charge in [0.15, 0.2) is 0 Å². The number of nitrogens with one attached hydrogen (secondary N) is 1. The number of hydrogen-bond acceptors (Lipinski definition) is 3. The monoisotopic (exact) mass is 260 g/mol. The van der Waals surface area contributed by atoms with Gasteiger partial charge >= 0.3 is 0 Å². The zero-order valence-corrected chi connectivity index (χ0v) is 11.2. The van der Waals surface area contributed by atoms with E-state index in [1.807, 2.05) is 19.2 Å². The second kappa shape index (κ2) is 4.85. The van der Waals surface area contributed by atoms with Crippen molar-refractivity contribution in [2.75, 3.05) is 7.05 Å². The number of rotatable bonds is 3. The van der Waals surface area contributed by atoms with Crippen LogP contribution < -0.4 is 5.32 Å². The zero-order valence-electron chi connectivity index (χ0n) is 11.2. The predicted octanol–water partition coefficient (Wildman–Crippen LogP) is 1.49. The van der Waals surface area contributed by atoms with E-state index in [4.69, 9.17) is 0 Å². The number of para-hydroxylation sites is 1. The molecule has 19 heavy (non-hydrogen) atoms. The van der Waals surface area contributed by atoms with Crippen molar-refractivity contribution in [3.05, 3.63) is 29.8 Å². The summed E-state index contributed by atoms with van der Waals surface area (Å²) in [6.07, 6.45) is 3.29. The Morgan fingerprint density at radius 1 is 1.42 bits per heavy atom. The quantitative estimate of drug-likeness (QED) is 0.866. The van der Waals surface area contributed by atoms with Gasteiger partial charge < -0.3 is 15.3 Å². The average Bonchev–Trinajstić information content (AvgIpc) is 3.03. The van der Waals surface area contributed by atoms with Crippen molar-refractivity contribution in [3.8, 4) is 5.75 Å². The van der Waals surface area contributed by atoms with E-state index in [0.717, 1.165) is 18.4 Å². The van der Waals surface area contributed by atoms with Crippen LogP contribution in [-0.2, 0) is 11.3 Å². The summed E-state index contributed by atoms with van der Waals surface area (Å²) in [7, 11) is 1.82. The molecule has 2 bridgehead atoms. The first-order chi connectivity index (χ1) is 9.15. The smallest absolute Gasteiger partial charge is 0.227 e. The lowest BCUT2D eigenvalue weighted by atomic mass is 9.88. The van der Waals surface area contributed by atoms with E-state index in [2.05, 4.69) is 5.32 Å². The van der Waals surface area contributed by atoms with Gasteiger partial charge in [-0.3, -0.25) is 4.79 Å². The van der Waals surface area contributed by atoms with Crippen molar-refractivity contribution in [2.45, 2.75) is 37.9 Å². The lowest BCUT2D eigenvalue weighted by molar-refractivity contribution is -0.135. The van der Waals surface area contributed by atoms with Crippen molar-refractivity contribution >= 4 is 5.91 Å². The lowest BCUT2D eigenvalue weighted by Crippen LogP contribution is -2.38.